The Morgan fingerprint density at radius 3 is 2.37 bits per heavy atom. The van der Waals surface area contributed by atoms with Gasteiger partial charge in [-0.3, -0.25) is 4.79 Å². The summed E-state index contributed by atoms with van der Waals surface area (Å²) < 4.78 is 0. The molecule has 0 radical (unpaired) electrons. The Hall–Kier alpha value is -2.92. The maximum absolute atomic E-state index is 12.2. The van der Waals surface area contributed by atoms with Crippen LogP contribution in [0.1, 0.15) is 32.7 Å². The summed E-state index contributed by atoms with van der Waals surface area (Å²) in [6.45, 7) is 6.44. The van der Waals surface area contributed by atoms with Crippen LogP contribution in [0.15, 0.2) is 48.8 Å². The molecular weight excluding hydrogens is 360 g/mol. The first-order chi connectivity index (χ1) is 12.9. The lowest BCUT2D eigenvalue weighted by molar-refractivity contribution is 0.0945. The molecule has 1 amide bonds. The minimum Gasteiger partial charge on any atom is -0.347 e. The Labute approximate surface area is 163 Å². The van der Waals surface area contributed by atoms with E-state index in [1.54, 1.807) is 0 Å². The van der Waals surface area contributed by atoms with Crippen LogP contribution in [-0.4, -0.2) is 15.9 Å². The molecule has 0 saturated carbocycles. The smallest absolute Gasteiger partial charge is 0.271 e. The van der Waals surface area contributed by atoms with Crippen LogP contribution in [0.3, 0.4) is 0 Å². The molecule has 0 atom stereocenters. The second-order valence-corrected chi connectivity index (χ2v) is 6.93. The lowest BCUT2D eigenvalue weighted by Gasteiger charge is -2.12. The predicted octanol–water partition coefficient (Wildman–Crippen LogP) is 4.73. The van der Waals surface area contributed by atoms with E-state index >= 15 is 0 Å². The Kier molecular flexibility index (Phi) is 5.72. The van der Waals surface area contributed by atoms with Crippen molar-refractivity contribution in [2.45, 2.75) is 27.3 Å². The fraction of sp³-hybridized carbons (Fsp3) is 0.190. The van der Waals surface area contributed by atoms with E-state index in [1.165, 1.54) is 18.0 Å². The first kappa shape index (κ1) is 18.9. The molecule has 0 aliphatic rings. The Morgan fingerprint density at radius 1 is 1.00 bits per heavy atom. The monoisotopic (exact) mass is 380 g/mol. The van der Waals surface area contributed by atoms with Crippen LogP contribution < -0.4 is 10.6 Å². The zero-order valence-electron chi connectivity index (χ0n) is 15.5. The summed E-state index contributed by atoms with van der Waals surface area (Å²) in [5.74, 6) is 0.262. The molecule has 1 aromatic heterocycles. The van der Waals surface area contributed by atoms with Gasteiger partial charge in [0.15, 0.2) is 0 Å². The number of nitrogens with one attached hydrogen (secondary N) is 2. The minimum atomic E-state index is -0.265. The van der Waals surface area contributed by atoms with Crippen LogP contribution in [0.25, 0.3) is 0 Å². The molecule has 0 saturated heterocycles. The average Bonchev–Trinajstić information content (AvgIpc) is 2.64. The number of halogens is 1. The number of aryl methyl sites for hydroxylation is 3. The molecule has 3 rings (SSSR count). The molecule has 0 aliphatic carbocycles. The standard InChI is InChI=1S/C21H21ClN4O/c1-13-4-6-16(7-5-13)10-25-21(27)18-11-24-19(12-23-18)26-20-15(3)8-14(2)9-17(20)22/h4-9,11-12H,10H2,1-3H3,(H,24,26)(H,25,27). The number of anilines is 2. The van der Waals surface area contributed by atoms with Gasteiger partial charge in [0.05, 0.1) is 23.1 Å². The fourth-order valence-corrected chi connectivity index (χ4v) is 3.06. The maximum Gasteiger partial charge on any atom is 0.271 e. The number of hydrogen-bond acceptors (Lipinski definition) is 4. The highest BCUT2D eigenvalue weighted by molar-refractivity contribution is 6.33. The van der Waals surface area contributed by atoms with Crippen LogP contribution >= 0.6 is 11.6 Å². The van der Waals surface area contributed by atoms with Gasteiger partial charge in [0.1, 0.15) is 11.5 Å². The Bertz CT molecular complexity index is 930. The summed E-state index contributed by atoms with van der Waals surface area (Å²) in [4.78, 5) is 20.7. The van der Waals surface area contributed by atoms with Gasteiger partial charge in [-0.2, -0.15) is 0 Å². The van der Waals surface area contributed by atoms with E-state index < -0.39 is 0 Å². The Morgan fingerprint density at radius 2 is 1.74 bits per heavy atom. The quantitative estimate of drug-likeness (QED) is 0.671. The van der Waals surface area contributed by atoms with Crippen LogP contribution in [-0.2, 0) is 6.54 Å². The van der Waals surface area contributed by atoms with Crippen molar-refractivity contribution in [3.8, 4) is 0 Å². The van der Waals surface area contributed by atoms with Crippen molar-refractivity contribution >= 4 is 29.0 Å². The second kappa shape index (κ2) is 8.18. The molecule has 0 fully saturated rings. The minimum absolute atomic E-state index is 0.263. The summed E-state index contributed by atoms with van der Waals surface area (Å²) in [6.07, 6.45) is 2.97. The molecule has 0 bridgehead atoms. The summed E-state index contributed by atoms with van der Waals surface area (Å²) in [6, 6.07) is 11.9. The summed E-state index contributed by atoms with van der Waals surface area (Å²) >= 11 is 6.30. The average molecular weight is 381 g/mol. The van der Waals surface area contributed by atoms with Gasteiger partial charge < -0.3 is 10.6 Å². The van der Waals surface area contributed by atoms with E-state index in [0.29, 0.717) is 17.4 Å². The van der Waals surface area contributed by atoms with E-state index in [1.807, 2.05) is 57.2 Å². The van der Waals surface area contributed by atoms with Crippen molar-refractivity contribution in [3.05, 3.63) is 81.8 Å². The van der Waals surface area contributed by atoms with Gasteiger partial charge in [-0.1, -0.05) is 47.5 Å². The molecule has 2 aromatic carbocycles. The summed E-state index contributed by atoms with van der Waals surface area (Å²) in [5.41, 5.74) is 5.37. The lowest BCUT2D eigenvalue weighted by atomic mass is 10.1. The molecule has 0 spiro atoms. The summed E-state index contributed by atoms with van der Waals surface area (Å²) in [5, 5.41) is 6.62. The van der Waals surface area contributed by atoms with Gasteiger partial charge in [0, 0.05) is 6.54 Å². The number of carbonyl (C=O) groups excluding carboxylic acids is 1. The van der Waals surface area contributed by atoms with E-state index in [4.69, 9.17) is 11.6 Å². The lowest BCUT2D eigenvalue weighted by Crippen LogP contribution is -2.24. The third-order valence-corrected chi connectivity index (χ3v) is 4.44. The zero-order chi connectivity index (χ0) is 19.4. The first-order valence-electron chi connectivity index (χ1n) is 8.62. The molecule has 0 unspecified atom stereocenters. The van der Waals surface area contributed by atoms with E-state index in [9.17, 15) is 4.79 Å². The normalized spacial score (nSPS) is 10.5. The van der Waals surface area contributed by atoms with E-state index in [-0.39, 0.29) is 11.6 Å². The third kappa shape index (κ3) is 4.83. The van der Waals surface area contributed by atoms with Crippen LogP contribution in [0.5, 0.6) is 0 Å². The molecule has 5 nitrogen and oxygen atoms in total. The van der Waals surface area contributed by atoms with E-state index in [2.05, 4.69) is 20.6 Å². The largest absolute Gasteiger partial charge is 0.347 e. The number of aromatic nitrogens is 2. The van der Waals surface area contributed by atoms with Gasteiger partial charge in [0.2, 0.25) is 0 Å². The SMILES string of the molecule is Cc1ccc(CNC(=O)c2cnc(Nc3c(C)cc(C)cc3Cl)cn2)cc1. The van der Waals surface area contributed by atoms with Gasteiger partial charge in [-0.15, -0.1) is 0 Å². The van der Waals surface area contributed by atoms with Gasteiger partial charge in [-0.25, -0.2) is 9.97 Å². The number of amides is 1. The highest BCUT2D eigenvalue weighted by Gasteiger charge is 2.10. The van der Waals surface area contributed by atoms with Crippen molar-refractivity contribution in [1.82, 2.24) is 15.3 Å². The second-order valence-electron chi connectivity index (χ2n) is 6.52. The van der Waals surface area contributed by atoms with Crippen molar-refractivity contribution in [1.29, 1.82) is 0 Å². The molecule has 0 aliphatic heterocycles. The number of benzene rings is 2. The highest BCUT2D eigenvalue weighted by Crippen LogP contribution is 2.29. The number of nitrogens with zero attached hydrogens (tertiary/aromatic N) is 2. The van der Waals surface area contributed by atoms with Gasteiger partial charge >= 0.3 is 0 Å². The third-order valence-electron chi connectivity index (χ3n) is 4.14. The van der Waals surface area contributed by atoms with E-state index in [0.717, 1.165) is 22.4 Å². The van der Waals surface area contributed by atoms with Crippen molar-refractivity contribution in [2.24, 2.45) is 0 Å². The topological polar surface area (TPSA) is 66.9 Å². The number of hydrogen-bond donors (Lipinski definition) is 2. The molecule has 27 heavy (non-hydrogen) atoms. The fourth-order valence-electron chi connectivity index (χ4n) is 2.69. The highest BCUT2D eigenvalue weighted by atomic mass is 35.5. The number of rotatable bonds is 5. The first-order valence-corrected chi connectivity index (χ1v) is 9.00. The van der Waals surface area contributed by atoms with Gasteiger partial charge in [-0.05, 0) is 43.5 Å². The Balaban J connectivity index is 1.64. The molecule has 3 aromatic rings. The van der Waals surface area contributed by atoms with Crippen LogP contribution in [0.2, 0.25) is 5.02 Å². The molecular formula is C21H21ClN4O. The van der Waals surface area contributed by atoms with Crippen LogP contribution in [0, 0.1) is 20.8 Å². The number of carbonyl (C=O) groups is 1. The predicted molar refractivity (Wildman–Crippen MR) is 109 cm³/mol. The molecule has 138 valence electrons. The zero-order valence-corrected chi connectivity index (χ0v) is 16.3. The molecule has 6 heteroatoms. The van der Waals surface area contributed by atoms with Gasteiger partial charge in [0.25, 0.3) is 5.91 Å². The van der Waals surface area contributed by atoms with Crippen molar-refractivity contribution < 1.29 is 4.79 Å². The maximum atomic E-state index is 12.2. The molecule has 1 heterocycles. The van der Waals surface area contributed by atoms with Crippen molar-refractivity contribution in [3.63, 3.8) is 0 Å². The summed E-state index contributed by atoms with van der Waals surface area (Å²) in [7, 11) is 0. The molecule has 2 N–H and O–H groups in total. The van der Waals surface area contributed by atoms with Crippen molar-refractivity contribution in [2.75, 3.05) is 5.32 Å². The van der Waals surface area contributed by atoms with Crippen LogP contribution in [0.4, 0.5) is 11.5 Å².